The van der Waals surface area contributed by atoms with Crippen LogP contribution in [-0.4, -0.2) is 52.6 Å². The van der Waals surface area contributed by atoms with Gasteiger partial charge in [-0.05, 0) is 0 Å². The monoisotopic (exact) mass is 389 g/mol. The number of hydrogen-bond acceptors (Lipinski definition) is 10. The Labute approximate surface area is 113 Å². The fourth-order valence-corrected chi connectivity index (χ4v) is 0. The van der Waals surface area contributed by atoms with Crippen LogP contribution in [0.1, 0.15) is 0 Å². The van der Waals surface area contributed by atoms with Crippen molar-refractivity contribution in [2.24, 2.45) is 0 Å². The van der Waals surface area contributed by atoms with Gasteiger partial charge in [-0.15, -0.1) is 0 Å². The molecule has 121 valence electrons. The van der Waals surface area contributed by atoms with Crippen molar-refractivity contribution >= 4 is 31.2 Å². The topological polar surface area (TPSA) is 308 Å². The van der Waals surface area contributed by atoms with Crippen molar-refractivity contribution in [1.29, 1.82) is 0 Å². The maximum absolute atomic E-state index is 8.74. The summed E-state index contributed by atoms with van der Waals surface area (Å²) in [6, 6.07) is 0. The van der Waals surface area contributed by atoms with E-state index in [1.807, 2.05) is 0 Å². The van der Waals surface area contributed by atoms with Crippen molar-refractivity contribution in [3.63, 3.8) is 0 Å². The first-order valence-corrected chi connectivity index (χ1v) is 6.10. The number of hydrogen-bond donors (Lipinski definition) is 4. The Morgan fingerprint density at radius 2 is 0.611 bits per heavy atom. The predicted octanol–water partition coefficient (Wildman–Crippen LogP) is -2.58. The van der Waals surface area contributed by atoms with Crippen LogP contribution in [0.4, 0.5) is 0 Å². The van der Waals surface area contributed by atoms with Crippen LogP contribution in [0, 0.1) is 0 Å². The predicted molar refractivity (Wildman–Crippen MR) is 47.1 cm³/mol. The summed E-state index contributed by atoms with van der Waals surface area (Å²) in [6.45, 7) is 0. The second-order valence-corrected chi connectivity index (χ2v) is 3.79. The van der Waals surface area contributed by atoms with Crippen molar-refractivity contribution in [2.45, 2.75) is 0 Å². The van der Waals surface area contributed by atoms with E-state index in [2.05, 4.69) is 0 Å². The molecule has 0 aromatic rings. The molecule has 14 nitrogen and oxygen atoms in total. The van der Waals surface area contributed by atoms with Crippen LogP contribution in [0.15, 0.2) is 0 Å². The first-order chi connectivity index (χ1) is 6.00. The van der Waals surface area contributed by atoms with E-state index in [0.29, 0.717) is 0 Å². The van der Waals surface area contributed by atoms with Gasteiger partial charge < -0.3 is 30.5 Å². The summed E-state index contributed by atoms with van der Waals surface area (Å²) in [5.74, 6) is 0. The van der Waals surface area contributed by atoms with Crippen LogP contribution in [0.3, 0.4) is 0 Å². The quantitative estimate of drug-likeness (QED) is 0.188. The van der Waals surface area contributed by atoms with Crippen LogP contribution >= 0.6 is 0 Å². The molecule has 18 heteroatoms. The van der Waals surface area contributed by atoms with Gasteiger partial charge in [-0.3, -0.25) is 25.9 Å². The average Bonchev–Trinajstić information content (AvgIpc) is 1.41. The van der Waals surface area contributed by atoms with E-state index in [1.165, 1.54) is 0 Å². The Hall–Kier alpha value is 0.0495. The van der Waals surface area contributed by atoms with Crippen molar-refractivity contribution in [2.75, 3.05) is 0 Å². The molecule has 18 heavy (non-hydrogen) atoms. The molecule has 0 aliphatic rings. The van der Waals surface area contributed by atoms with E-state index in [0.717, 1.165) is 0 Å². The minimum absolute atomic E-state index is 0. The van der Waals surface area contributed by atoms with Gasteiger partial charge in [0.15, 0.2) is 0 Å². The standard InChI is InChI=1S/Cu.2H3N.3H2O4S/c;;;3*1-5(2,3)4/h;2*1H3;3*(H2,1,2,3,4)/q+2;;;;;/p-2. The second-order valence-electron chi connectivity index (χ2n) is 1.26. The third kappa shape index (κ3) is 1480000. The van der Waals surface area contributed by atoms with E-state index >= 15 is 0 Å². The molecule has 1 radical (unpaired) electrons. The molecule has 0 aliphatic heterocycles. The smallest absolute Gasteiger partial charge is 0.759 e. The summed E-state index contributed by atoms with van der Waals surface area (Å²) < 4.78 is 99.7. The van der Waals surface area contributed by atoms with E-state index in [4.69, 9.17) is 52.6 Å². The van der Waals surface area contributed by atoms with Gasteiger partial charge in [-0.25, -0.2) is 0 Å². The fourth-order valence-electron chi connectivity index (χ4n) is 0. The minimum atomic E-state index is -5.17. The van der Waals surface area contributed by atoms with Gasteiger partial charge in [0, 0.05) is 20.8 Å². The van der Waals surface area contributed by atoms with Crippen LogP contribution in [-0.2, 0) is 48.3 Å². The first kappa shape index (κ1) is 36.1. The van der Waals surface area contributed by atoms with Crippen molar-refractivity contribution in [1.82, 2.24) is 12.3 Å². The fraction of sp³-hybridized carbons (Fsp3) is 0. The van der Waals surface area contributed by atoms with Gasteiger partial charge in [0.25, 0.3) is 0 Å². The molecular formula is H10CuN2O12S3. The Balaban J connectivity index is -0.0000000277. The van der Waals surface area contributed by atoms with Gasteiger partial charge in [0.05, 0.1) is 0 Å². The zero-order chi connectivity index (χ0) is 13.5. The largest absolute Gasteiger partial charge is 2.00 e. The maximum atomic E-state index is 8.74. The molecule has 0 spiro atoms. The Morgan fingerprint density at radius 1 is 0.611 bits per heavy atom. The third-order valence-electron chi connectivity index (χ3n) is 0. The third-order valence-corrected chi connectivity index (χ3v) is 0. The zero-order valence-electron chi connectivity index (χ0n) is 8.50. The molecular weight excluding hydrogens is 380 g/mol. The molecule has 0 bridgehead atoms. The summed E-state index contributed by atoms with van der Waals surface area (Å²) in [6.07, 6.45) is 0. The van der Waals surface area contributed by atoms with Crippen LogP contribution in [0.5, 0.6) is 0 Å². The van der Waals surface area contributed by atoms with Gasteiger partial charge in [0.2, 0.25) is 0 Å². The van der Waals surface area contributed by atoms with Crippen molar-refractivity contribution < 1.29 is 69.6 Å². The molecule has 0 saturated heterocycles. The second kappa shape index (κ2) is 13.5. The molecule has 0 amide bonds. The molecule has 0 unspecified atom stereocenters. The van der Waals surface area contributed by atoms with E-state index in [-0.39, 0.29) is 29.4 Å². The summed E-state index contributed by atoms with van der Waals surface area (Å²) in [7, 11) is -15.0. The van der Waals surface area contributed by atoms with E-state index < -0.39 is 31.2 Å². The van der Waals surface area contributed by atoms with E-state index in [1.54, 1.807) is 0 Å². The summed E-state index contributed by atoms with van der Waals surface area (Å²) in [5.41, 5.74) is 0. The number of quaternary nitrogens is 2. The summed E-state index contributed by atoms with van der Waals surface area (Å²) in [4.78, 5) is 0. The van der Waals surface area contributed by atoms with Gasteiger partial charge in [-0.2, -0.15) is 8.42 Å². The normalized spacial score (nSPS) is 9.67. The molecule has 0 heterocycles. The summed E-state index contributed by atoms with van der Waals surface area (Å²) in [5, 5.41) is 0. The summed E-state index contributed by atoms with van der Waals surface area (Å²) >= 11 is 0. The van der Waals surface area contributed by atoms with Crippen LogP contribution in [0.25, 0.3) is 0 Å². The van der Waals surface area contributed by atoms with E-state index in [9.17, 15) is 0 Å². The SMILES string of the molecule is O=S(=O)(O)O.O=S(=O)([O-])[O-].O=S(=O)([O-])[O-].[Cu+2].[NH4+].[NH4+]. The Kier molecular flexibility index (Phi) is 27.1. The molecule has 0 rings (SSSR count). The van der Waals surface area contributed by atoms with Crippen molar-refractivity contribution in [3.8, 4) is 0 Å². The number of rotatable bonds is 0. The van der Waals surface area contributed by atoms with Crippen molar-refractivity contribution in [3.05, 3.63) is 0 Å². The van der Waals surface area contributed by atoms with Crippen LogP contribution < -0.4 is 12.3 Å². The van der Waals surface area contributed by atoms with Gasteiger partial charge in [0.1, 0.15) is 0 Å². The molecule has 10 N–H and O–H groups in total. The first-order valence-electron chi connectivity index (χ1n) is 2.03. The van der Waals surface area contributed by atoms with Gasteiger partial charge in [-0.1, -0.05) is 0 Å². The minimum Gasteiger partial charge on any atom is -0.759 e. The maximum Gasteiger partial charge on any atom is 2.00 e. The molecule has 0 saturated carbocycles. The molecule has 0 atom stereocenters. The molecule has 0 aliphatic carbocycles. The molecule has 0 aromatic carbocycles. The Morgan fingerprint density at radius 3 is 0.611 bits per heavy atom. The van der Waals surface area contributed by atoms with Gasteiger partial charge >= 0.3 is 27.5 Å². The zero-order valence-corrected chi connectivity index (χ0v) is 11.9. The van der Waals surface area contributed by atoms with Crippen LogP contribution in [0.2, 0.25) is 0 Å². The molecule has 0 fully saturated rings. The average molecular weight is 390 g/mol. The Bertz CT molecular complexity index is 346. The molecule has 0 aromatic heterocycles.